The molecule has 0 amide bonds. The van der Waals surface area contributed by atoms with Gasteiger partial charge in [0.25, 0.3) is 0 Å². The molecule has 1 rings (SSSR count). The highest BCUT2D eigenvalue weighted by molar-refractivity contribution is 5.03. The van der Waals surface area contributed by atoms with Crippen molar-refractivity contribution in [3.63, 3.8) is 0 Å². The van der Waals surface area contributed by atoms with Crippen LogP contribution in [0.1, 0.15) is 67.7 Å². The normalized spacial score (nSPS) is 28.8. The average molecular weight is 212 g/mol. The third kappa shape index (κ3) is 2.75. The minimum absolute atomic E-state index is 0.0258. The Morgan fingerprint density at radius 2 is 1.13 bits per heavy atom. The van der Waals surface area contributed by atoms with Gasteiger partial charge < -0.3 is 5.11 Å². The summed E-state index contributed by atoms with van der Waals surface area (Å²) >= 11 is 0. The molecule has 0 bridgehead atoms. The Labute approximate surface area is 95.3 Å². The third-order valence-corrected chi connectivity index (χ3v) is 3.90. The van der Waals surface area contributed by atoms with Crippen LogP contribution in [0.15, 0.2) is 0 Å². The van der Waals surface area contributed by atoms with Gasteiger partial charge in [0.2, 0.25) is 0 Å². The molecule has 0 atom stereocenters. The summed E-state index contributed by atoms with van der Waals surface area (Å²) in [7, 11) is 0. The van der Waals surface area contributed by atoms with Gasteiger partial charge in [0.05, 0.1) is 5.60 Å². The van der Waals surface area contributed by atoms with Crippen LogP contribution < -0.4 is 0 Å². The molecule has 0 aliphatic heterocycles. The molecular formula is C14H28O. The lowest BCUT2D eigenvalue weighted by molar-refractivity contribution is -0.147. The minimum atomic E-state index is -0.516. The second-order valence-electron chi connectivity index (χ2n) is 8.14. The molecule has 1 nitrogen and oxygen atoms in total. The molecule has 0 spiro atoms. The van der Waals surface area contributed by atoms with Crippen LogP contribution in [0, 0.1) is 16.2 Å². The maximum atomic E-state index is 10.9. The van der Waals surface area contributed by atoms with Gasteiger partial charge in [0.1, 0.15) is 0 Å². The van der Waals surface area contributed by atoms with Crippen LogP contribution in [-0.2, 0) is 0 Å². The molecule has 1 aliphatic carbocycles. The zero-order valence-electron chi connectivity index (χ0n) is 11.6. The molecule has 1 aliphatic rings. The first-order valence-corrected chi connectivity index (χ1v) is 6.09. The molecule has 0 radical (unpaired) electrons. The van der Waals surface area contributed by atoms with E-state index in [0.29, 0.717) is 0 Å². The van der Waals surface area contributed by atoms with Crippen LogP contribution in [0.3, 0.4) is 0 Å². The van der Waals surface area contributed by atoms with Crippen molar-refractivity contribution < 1.29 is 5.11 Å². The molecule has 90 valence electrons. The molecule has 1 N–H and O–H groups in total. The van der Waals surface area contributed by atoms with Crippen LogP contribution in [0.2, 0.25) is 0 Å². The molecule has 0 heterocycles. The summed E-state index contributed by atoms with van der Waals surface area (Å²) in [5.41, 5.74) is -0.0340. The Hall–Kier alpha value is -0.0400. The van der Waals surface area contributed by atoms with Crippen molar-refractivity contribution in [2.45, 2.75) is 73.3 Å². The summed E-state index contributed by atoms with van der Waals surface area (Å²) in [4.78, 5) is 0. The molecule has 0 unspecified atom stereocenters. The Balaban J connectivity index is 3.03. The highest BCUT2D eigenvalue weighted by Gasteiger charge is 2.51. The monoisotopic (exact) mass is 212 g/mol. The Bertz CT molecular complexity index is 227. The van der Waals surface area contributed by atoms with Crippen LogP contribution in [0.25, 0.3) is 0 Å². The van der Waals surface area contributed by atoms with Gasteiger partial charge in [-0.25, -0.2) is 0 Å². The van der Waals surface area contributed by atoms with Crippen LogP contribution in [-0.4, -0.2) is 10.7 Å². The summed E-state index contributed by atoms with van der Waals surface area (Å²) < 4.78 is 0. The van der Waals surface area contributed by atoms with Crippen molar-refractivity contribution in [3.05, 3.63) is 0 Å². The fourth-order valence-electron chi connectivity index (χ4n) is 3.60. The third-order valence-electron chi connectivity index (χ3n) is 3.90. The van der Waals surface area contributed by atoms with Gasteiger partial charge in [0.15, 0.2) is 0 Å². The van der Waals surface area contributed by atoms with Crippen LogP contribution in [0.5, 0.6) is 0 Å². The number of aliphatic hydroxyl groups is 1. The van der Waals surface area contributed by atoms with Gasteiger partial charge in [-0.15, -0.1) is 0 Å². The summed E-state index contributed by atoms with van der Waals surface area (Å²) in [6.45, 7) is 15.6. The van der Waals surface area contributed by atoms with Gasteiger partial charge in [-0.05, 0) is 35.5 Å². The molecular weight excluding hydrogens is 184 g/mol. The molecule has 0 aromatic rings. The first-order valence-electron chi connectivity index (χ1n) is 6.09. The van der Waals surface area contributed by atoms with Gasteiger partial charge in [-0.1, -0.05) is 48.5 Å². The van der Waals surface area contributed by atoms with E-state index >= 15 is 0 Å². The van der Waals surface area contributed by atoms with E-state index in [9.17, 15) is 5.11 Å². The van der Waals surface area contributed by atoms with Crippen molar-refractivity contribution in [2.75, 3.05) is 0 Å². The lowest BCUT2D eigenvalue weighted by Gasteiger charge is -2.54. The van der Waals surface area contributed by atoms with E-state index in [2.05, 4.69) is 48.5 Å². The quantitative estimate of drug-likeness (QED) is 0.643. The summed E-state index contributed by atoms with van der Waals surface area (Å²) in [6, 6.07) is 0. The van der Waals surface area contributed by atoms with E-state index < -0.39 is 5.60 Å². The van der Waals surface area contributed by atoms with Crippen LogP contribution in [0.4, 0.5) is 0 Å². The topological polar surface area (TPSA) is 20.2 Å². The SMILES string of the molecule is CC1(C)CC(C)(C)CC(O)(C(C)(C)C)C1. The van der Waals surface area contributed by atoms with Crippen LogP contribution >= 0.6 is 0 Å². The fourth-order valence-corrected chi connectivity index (χ4v) is 3.60. The van der Waals surface area contributed by atoms with E-state index in [1.165, 1.54) is 6.42 Å². The number of rotatable bonds is 0. The molecule has 1 fully saturated rings. The molecule has 0 saturated heterocycles. The summed E-state index contributed by atoms with van der Waals surface area (Å²) in [5.74, 6) is 0. The summed E-state index contributed by atoms with van der Waals surface area (Å²) in [5, 5.41) is 10.9. The maximum Gasteiger partial charge on any atom is 0.0706 e. The Morgan fingerprint density at radius 1 is 0.800 bits per heavy atom. The second kappa shape index (κ2) is 3.23. The van der Waals surface area contributed by atoms with Crippen molar-refractivity contribution in [1.82, 2.24) is 0 Å². The van der Waals surface area contributed by atoms with Crippen molar-refractivity contribution >= 4 is 0 Å². The largest absolute Gasteiger partial charge is 0.389 e. The van der Waals surface area contributed by atoms with E-state index in [0.717, 1.165) is 12.8 Å². The zero-order valence-corrected chi connectivity index (χ0v) is 11.6. The van der Waals surface area contributed by atoms with Crippen molar-refractivity contribution in [1.29, 1.82) is 0 Å². The number of hydrogen-bond donors (Lipinski definition) is 1. The van der Waals surface area contributed by atoms with E-state index in [4.69, 9.17) is 0 Å². The van der Waals surface area contributed by atoms with Gasteiger partial charge in [-0.3, -0.25) is 0 Å². The predicted octanol–water partition coefficient (Wildman–Crippen LogP) is 4.00. The average Bonchev–Trinajstić information content (AvgIpc) is 1.72. The first-order chi connectivity index (χ1) is 6.37. The maximum absolute atomic E-state index is 10.9. The molecule has 0 aromatic carbocycles. The Morgan fingerprint density at radius 3 is 1.40 bits per heavy atom. The first kappa shape index (κ1) is 13.0. The highest BCUT2D eigenvalue weighted by atomic mass is 16.3. The van der Waals surface area contributed by atoms with E-state index in [-0.39, 0.29) is 16.2 Å². The molecule has 0 aromatic heterocycles. The van der Waals surface area contributed by atoms with E-state index in [1.54, 1.807) is 0 Å². The Kier molecular flexibility index (Phi) is 2.80. The van der Waals surface area contributed by atoms with Gasteiger partial charge >= 0.3 is 0 Å². The van der Waals surface area contributed by atoms with Gasteiger partial charge in [-0.2, -0.15) is 0 Å². The molecule has 1 heteroatoms. The lowest BCUT2D eigenvalue weighted by atomic mass is 9.54. The van der Waals surface area contributed by atoms with E-state index in [1.807, 2.05) is 0 Å². The molecule has 1 saturated carbocycles. The zero-order chi connectivity index (χ0) is 12.1. The number of hydrogen-bond acceptors (Lipinski definition) is 1. The molecule has 15 heavy (non-hydrogen) atoms. The smallest absolute Gasteiger partial charge is 0.0706 e. The van der Waals surface area contributed by atoms with Crippen molar-refractivity contribution in [3.8, 4) is 0 Å². The highest BCUT2D eigenvalue weighted by Crippen LogP contribution is 2.55. The lowest BCUT2D eigenvalue weighted by Crippen LogP contribution is -2.53. The fraction of sp³-hybridized carbons (Fsp3) is 1.00. The van der Waals surface area contributed by atoms with Gasteiger partial charge in [0, 0.05) is 0 Å². The predicted molar refractivity (Wildman–Crippen MR) is 65.8 cm³/mol. The minimum Gasteiger partial charge on any atom is -0.389 e. The summed E-state index contributed by atoms with van der Waals surface area (Å²) in [6.07, 6.45) is 3.05. The standard InChI is InChI=1S/C14H28O/c1-11(2,3)14(15)9-12(4,5)8-13(6,7)10-14/h15H,8-10H2,1-7H3. The van der Waals surface area contributed by atoms with Crippen molar-refractivity contribution in [2.24, 2.45) is 16.2 Å². The second-order valence-corrected chi connectivity index (χ2v) is 8.14.